The molecule has 226 valence electrons. The van der Waals surface area contributed by atoms with Crippen molar-refractivity contribution in [2.24, 2.45) is 5.41 Å². The molecule has 3 aliphatic rings. The highest BCUT2D eigenvalue weighted by atomic mass is 16.5. The molecule has 1 fully saturated rings. The summed E-state index contributed by atoms with van der Waals surface area (Å²) in [7, 11) is 1.61. The maximum absolute atomic E-state index is 14.8. The smallest absolute Gasteiger partial charge is 0.262 e. The molecule has 2 bridgehead atoms. The highest BCUT2D eigenvalue weighted by Gasteiger charge is 2.57. The fourth-order valence-corrected chi connectivity index (χ4v) is 8.93. The second-order valence-electron chi connectivity index (χ2n) is 12.8. The number of carbonyl (C=O) groups is 3. The van der Waals surface area contributed by atoms with Crippen molar-refractivity contribution in [1.29, 1.82) is 0 Å². The first-order valence-electron chi connectivity index (χ1n) is 15.7. The highest BCUT2D eigenvalue weighted by Crippen LogP contribution is 2.60. The summed E-state index contributed by atoms with van der Waals surface area (Å²) in [6.07, 6.45) is 5.35. The van der Waals surface area contributed by atoms with E-state index < -0.39 is 11.5 Å². The molecule has 2 atom stereocenters. The van der Waals surface area contributed by atoms with Crippen molar-refractivity contribution < 1.29 is 19.1 Å². The zero-order valence-electron chi connectivity index (χ0n) is 25.5. The standard InChI is InChI=1S/C39H31N3O4/c1-4-18-39(19-5-2)29-20-28(36(39)43)41-26-12-8-6-10-24(26)30-32-33(31-25-11-7-9-13-27(25)42(29)35(31)34(30)41)38(45)40(37(32)44)21-22-14-16-23(46-3)17-15-22/h4-17,28-29H,1-2,18-21H2,3H3/t28-,29+/m0/s1. The molecule has 0 saturated heterocycles. The lowest BCUT2D eigenvalue weighted by molar-refractivity contribution is -0.129. The number of methoxy groups -OCH3 is 1. The molecule has 1 aliphatic carbocycles. The van der Waals surface area contributed by atoms with E-state index in [0.717, 1.165) is 49.2 Å². The number of aromatic nitrogens is 2. The Bertz CT molecular complexity index is 2360. The average Bonchev–Trinajstić information content (AvgIpc) is 3.71. The fraction of sp³-hybridized carbons (Fsp3) is 0.205. The summed E-state index contributed by atoms with van der Waals surface area (Å²) >= 11 is 0. The van der Waals surface area contributed by atoms with Crippen LogP contribution in [0.2, 0.25) is 0 Å². The predicted molar refractivity (Wildman–Crippen MR) is 179 cm³/mol. The topological polar surface area (TPSA) is 73.5 Å². The van der Waals surface area contributed by atoms with E-state index in [2.05, 4.69) is 28.4 Å². The van der Waals surface area contributed by atoms with E-state index in [1.165, 1.54) is 4.90 Å². The van der Waals surface area contributed by atoms with Gasteiger partial charge in [-0.05, 0) is 49.1 Å². The Morgan fingerprint density at radius 2 is 1.33 bits per heavy atom. The van der Waals surface area contributed by atoms with E-state index in [1.807, 2.05) is 78.9 Å². The van der Waals surface area contributed by atoms with E-state index in [-0.39, 0.29) is 30.2 Å². The molecule has 4 aromatic carbocycles. The number of nitrogens with zero attached hydrogens (tertiary/aromatic N) is 3. The van der Waals surface area contributed by atoms with Crippen molar-refractivity contribution in [3.05, 3.63) is 115 Å². The Hall–Kier alpha value is -5.43. The number of hydrogen-bond acceptors (Lipinski definition) is 4. The Kier molecular flexibility index (Phi) is 5.44. The van der Waals surface area contributed by atoms with E-state index in [9.17, 15) is 14.4 Å². The van der Waals surface area contributed by atoms with Gasteiger partial charge in [0.15, 0.2) is 5.78 Å². The van der Waals surface area contributed by atoms with Gasteiger partial charge < -0.3 is 13.9 Å². The number of benzene rings is 4. The summed E-state index contributed by atoms with van der Waals surface area (Å²) in [5, 5.41) is 3.31. The van der Waals surface area contributed by atoms with Crippen molar-refractivity contribution in [3.63, 3.8) is 0 Å². The Morgan fingerprint density at radius 1 is 0.783 bits per heavy atom. The summed E-state index contributed by atoms with van der Waals surface area (Å²) in [4.78, 5) is 45.3. The maximum atomic E-state index is 14.8. The summed E-state index contributed by atoms with van der Waals surface area (Å²) < 4.78 is 9.83. The van der Waals surface area contributed by atoms with Gasteiger partial charge in [0.2, 0.25) is 0 Å². The SMILES string of the molecule is C=CCC1(CC=C)C(=O)[C@@H]2C[C@H]1n1c3ccccc3c3c4c(c5c6ccccc6n2c5c31)C(=O)N(Cc1ccc(OC)cc1)C4=O. The van der Waals surface area contributed by atoms with Gasteiger partial charge in [-0.25, -0.2) is 0 Å². The molecule has 9 rings (SSSR count). The van der Waals surface area contributed by atoms with Crippen LogP contribution >= 0.6 is 0 Å². The van der Waals surface area contributed by atoms with Crippen LogP contribution < -0.4 is 4.74 Å². The zero-order chi connectivity index (χ0) is 31.5. The van der Waals surface area contributed by atoms with Crippen molar-refractivity contribution in [3.8, 4) is 5.75 Å². The number of rotatable bonds is 7. The van der Waals surface area contributed by atoms with Crippen molar-refractivity contribution >= 4 is 61.2 Å². The molecule has 0 radical (unpaired) electrons. The van der Waals surface area contributed by atoms with Gasteiger partial charge in [-0.2, -0.15) is 0 Å². The lowest BCUT2D eigenvalue weighted by atomic mass is 9.75. The number of carbonyl (C=O) groups excluding carboxylic acids is 3. The van der Waals surface area contributed by atoms with Gasteiger partial charge in [0.1, 0.15) is 5.75 Å². The van der Waals surface area contributed by atoms with Crippen molar-refractivity contribution in [2.75, 3.05) is 7.11 Å². The van der Waals surface area contributed by atoms with Gasteiger partial charge in [-0.15, -0.1) is 13.2 Å². The summed E-state index contributed by atoms with van der Waals surface area (Å²) in [5.74, 6) is 0.260. The minimum absolute atomic E-state index is 0.141. The molecule has 7 nitrogen and oxygen atoms in total. The summed E-state index contributed by atoms with van der Waals surface area (Å²) in [5.41, 5.74) is 4.57. The maximum Gasteiger partial charge on any atom is 0.262 e. The zero-order valence-corrected chi connectivity index (χ0v) is 25.5. The molecule has 2 amide bonds. The number of amides is 2. The Balaban J connectivity index is 1.44. The first-order chi connectivity index (χ1) is 22.4. The fourth-order valence-electron chi connectivity index (χ4n) is 8.93. The lowest BCUT2D eigenvalue weighted by Gasteiger charge is -2.35. The van der Waals surface area contributed by atoms with Gasteiger partial charge in [-0.1, -0.05) is 60.7 Å². The van der Waals surface area contributed by atoms with E-state index in [0.29, 0.717) is 36.1 Å². The number of ketones is 1. The van der Waals surface area contributed by atoms with Crippen molar-refractivity contribution in [1.82, 2.24) is 14.0 Å². The molecule has 6 aromatic rings. The van der Waals surface area contributed by atoms with Crippen LogP contribution in [0.5, 0.6) is 5.75 Å². The monoisotopic (exact) mass is 605 g/mol. The number of para-hydroxylation sites is 2. The van der Waals surface area contributed by atoms with Gasteiger partial charge in [0.05, 0.1) is 47.3 Å². The van der Waals surface area contributed by atoms with Gasteiger partial charge in [0, 0.05) is 38.6 Å². The average molecular weight is 606 g/mol. The molecule has 4 heterocycles. The van der Waals surface area contributed by atoms with Crippen molar-refractivity contribution in [2.45, 2.75) is 37.9 Å². The van der Waals surface area contributed by atoms with Crippen LogP contribution in [-0.2, 0) is 11.3 Å². The molecule has 2 aliphatic heterocycles. The number of allylic oxidation sites excluding steroid dienone is 2. The third-order valence-corrected chi connectivity index (χ3v) is 10.7. The third-order valence-electron chi connectivity index (χ3n) is 10.7. The minimum Gasteiger partial charge on any atom is -0.497 e. The summed E-state index contributed by atoms with van der Waals surface area (Å²) in [6.45, 7) is 8.27. The first kappa shape index (κ1) is 26.9. The number of ether oxygens (including phenoxy) is 1. The van der Waals surface area contributed by atoms with Crippen LogP contribution in [0.3, 0.4) is 0 Å². The molecule has 0 spiro atoms. The van der Waals surface area contributed by atoms with Crippen LogP contribution in [0, 0.1) is 5.41 Å². The van der Waals surface area contributed by atoms with E-state index in [1.54, 1.807) is 7.11 Å². The van der Waals surface area contributed by atoms with Gasteiger partial charge in [-0.3, -0.25) is 19.3 Å². The molecule has 2 aromatic heterocycles. The quantitative estimate of drug-likeness (QED) is 0.137. The predicted octanol–water partition coefficient (Wildman–Crippen LogP) is 7.91. The van der Waals surface area contributed by atoms with Gasteiger partial charge in [0.25, 0.3) is 11.8 Å². The summed E-state index contributed by atoms with van der Waals surface area (Å²) in [6, 6.07) is 22.9. The number of fused-ring (bicyclic) bond motifs is 13. The number of hydrogen-bond donors (Lipinski definition) is 0. The van der Waals surface area contributed by atoms with Crippen LogP contribution in [-0.4, -0.2) is 38.7 Å². The van der Waals surface area contributed by atoms with Crippen LogP contribution in [0.1, 0.15) is 57.6 Å². The van der Waals surface area contributed by atoms with Crippen LogP contribution in [0.25, 0.3) is 43.6 Å². The normalized spacial score (nSPS) is 19.6. The molecule has 46 heavy (non-hydrogen) atoms. The highest BCUT2D eigenvalue weighted by molar-refractivity contribution is 6.39. The number of Topliss-reactive ketones (excluding diaryl/α,β-unsaturated/α-hetero) is 1. The molecular formula is C39H31N3O4. The van der Waals surface area contributed by atoms with E-state index >= 15 is 0 Å². The third kappa shape index (κ3) is 3.10. The second kappa shape index (κ2) is 9.30. The molecular weight excluding hydrogens is 574 g/mol. The Morgan fingerprint density at radius 3 is 1.89 bits per heavy atom. The lowest BCUT2D eigenvalue weighted by Crippen LogP contribution is -2.35. The minimum atomic E-state index is -0.739. The molecule has 0 N–H and O–H groups in total. The van der Waals surface area contributed by atoms with Gasteiger partial charge >= 0.3 is 0 Å². The molecule has 1 saturated carbocycles. The first-order valence-corrected chi connectivity index (χ1v) is 15.7. The van der Waals surface area contributed by atoms with E-state index in [4.69, 9.17) is 4.74 Å². The second-order valence-corrected chi connectivity index (χ2v) is 12.8. The largest absolute Gasteiger partial charge is 0.497 e. The number of imide groups is 1. The molecule has 0 unspecified atom stereocenters. The molecule has 7 heteroatoms. The van der Waals surface area contributed by atoms with Crippen LogP contribution in [0.4, 0.5) is 0 Å². The Labute approximate surface area is 264 Å². The van der Waals surface area contributed by atoms with Crippen LogP contribution in [0.15, 0.2) is 98.1 Å².